The normalized spacial score (nSPS) is 23.8. The Kier molecular flexibility index (Phi) is 14.8. The molecular weight excluding hydrogens is 863 g/mol. The van der Waals surface area contributed by atoms with Gasteiger partial charge in [0.1, 0.15) is 40.9 Å². The molecule has 5 N–H and O–H groups in total. The Labute approximate surface area is 379 Å². The largest absolute Gasteiger partial charge is 0.497 e. The summed E-state index contributed by atoms with van der Waals surface area (Å²) in [6.45, 7) is 9.59. The van der Waals surface area contributed by atoms with E-state index in [2.05, 4.69) is 21.3 Å². The molecule has 1 unspecified atom stereocenters. The van der Waals surface area contributed by atoms with Crippen LogP contribution in [0.1, 0.15) is 79.6 Å². The number of carboxylic acid groups (broad SMARTS) is 1. The van der Waals surface area contributed by atoms with Gasteiger partial charge in [0.15, 0.2) is 5.13 Å². The van der Waals surface area contributed by atoms with E-state index in [1.807, 2.05) is 58.2 Å². The highest BCUT2D eigenvalue weighted by Gasteiger charge is 2.61. The molecule has 3 aliphatic rings. The molecule has 350 valence electrons. The summed E-state index contributed by atoms with van der Waals surface area (Å²) in [4.78, 5) is 67.0. The molecule has 4 heterocycles. The molecule has 1 saturated heterocycles. The van der Waals surface area contributed by atoms with Crippen LogP contribution in [0.15, 0.2) is 41.8 Å². The fourth-order valence-electron chi connectivity index (χ4n) is 8.09. The number of aliphatic carboxylic acids is 1. The number of amides is 4. The lowest BCUT2D eigenvalue weighted by atomic mass is 9.87. The van der Waals surface area contributed by atoms with Crippen LogP contribution in [0, 0.1) is 11.3 Å². The summed E-state index contributed by atoms with van der Waals surface area (Å²) in [5.74, 6) is -1.70. The van der Waals surface area contributed by atoms with Crippen molar-refractivity contribution in [2.45, 2.75) is 115 Å². The van der Waals surface area contributed by atoms with Gasteiger partial charge in [-0.1, -0.05) is 45.8 Å². The maximum atomic E-state index is 14.9. The quantitative estimate of drug-likeness (QED) is 0.145. The van der Waals surface area contributed by atoms with Crippen LogP contribution in [0.4, 0.5) is 9.93 Å². The third-order valence-corrected chi connectivity index (χ3v) is 14.7. The average molecular weight is 926 g/mol. The number of ether oxygens (including phenoxy) is 2. The fraction of sp³-hybridized carbons (Fsp3) is 0.591. The first-order chi connectivity index (χ1) is 30.1. The molecule has 18 nitrogen and oxygen atoms in total. The van der Waals surface area contributed by atoms with Crippen LogP contribution in [-0.2, 0) is 24.6 Å². The van der Waals surface area contributed by atoms with Gasteiger partial charge in [0.05, 0.1) is 24.9 Å². The number of rotatable bonds is 13. The van der Waals surface area contributed by atoms with Crippen LogP contribution in [0.3, 0.4) is 0 Å². The maximum absolute atomic E-state index is 14.9. The number of anilines is 1. The molecule has 0 spiro atoms. The third-order valence-electron chi connectivity index (χ3n) is 12.0. The van der Waals surface area contributed by atoms with Crippen LogP contribution >= 0.6 is 11.3 Å². The Morgan fingerprint density at radius 1 is 1.09 bits per heavy atom. The minimum absolute atomic E-state index is 0.0277. The van der Waals surface area contributed by atoms with Crippen molar-refractivity contribution in [2.75, 3.05) is 46.7 Å². The van der Waals surface area contributed by atoms with Gasteiger partial charge in [-0.25, -0.2) is 19.6 Å². The summed E-state index contributed by atoms with van der Waals surface area (Å²) in [5.41, 5.74) is -0.373. The number of carboxylic acids is 1. The second-order valence-electron chi connectivity index (χ2n) is 18.5. The number of fused-ring (bicyclic) bond motifs is 3. The summed E-state index contributed by atoms with van der Waals surface area (Å²) in [7, 11) is 2.07. The summed E-state index contributed by atoms with van der Waals surface area (Å²) >= 11 is 1.45. The van der Waals surface area contributed by atoms with Crippen LogP contribution in [0.2, 0.25) is 0 Å². The second kappa shape index (κ2) is 19.6. The highest BCUT2D eigenvalue weighted by molar-refractivity contribution is 7.86. The number of likely N-dealkylation sites (N-methyl/N-ethyl adjacent to an activating group) is 1. The van der Waals surface area contributed by atoms with Gasteiger partial charge in [0.25, 0.3) is 10.2 Å². The van der Waals surface area contributed by atoms with Gasteiger partial charge < -0.3 is 40.7 Å². The van der Waals surface area contributed by atoms with Gasteiger partial charge in [0, 0.05) is 75.0 Å². The Bertz CT molecular complexity index is 2350. The highest BCUT2D eigenvalue weighted by Crippen LogP contribution is 2.45. The van der Waals surface area contributed by atoms with E-state index in [-0.39, 0.29) is 38.4 Å². The van der Waals surface area contributed by atoms with E-state index >= 15 is 0 Å². The Morgan fingerprint density at radius 2 is 1.84 bits per heavy atom. The van der Waals surface area contributed by atoms with Crippen molar-refractivity contribution in [3.05, 3.63) is 41.8 Å². The maximum Gasteiger partial charge on any atom is 0.330 e. The van der Waals surface area contributed by atoms with Gasteiger partial charge >= 0.3 is 12.0 Å². The van der Waals surface area contributed by atoms with Crippen LogP contribution < -0.4 is 30.7 Å². The number of nitrogens with one attached hydrogen (secondary N) is 4. The second-order valence-corrected chi connectivity index (χ2v) is 21.6. The number of urea groups is 1. The molecule has 6 rings (SSSR count). The predicted molar refractivity (Wildman–Crippen MR) is 245 cm³/mol. The van der Waals surface area contributed by atoms with Crippen molar-refractivity contribution in [2.24, 2.45) is 11.3 Å². The van der Waals surface area contributed by atoms with E-state index in [0.717, 1.165) is 22.3 Å². The lowest BCUT2D eigenvalue weighted by Gasteiger charge is -2.35. The smallest absolute Gasteiger partial charge is 0.330 e. The number of allylic oxidation sites excluding steroid dienone is 1. The third kappa shape index (κ3) is 11.1. The van der Waals surface area contributed by atoms with Crippen molar-refractivity contribution in [1.29, 1.82) is 0 Å². The van der Waals surface area contributed by atoms with Gasteiger partial charge in [-0.3, -0.25) is 9.59 Å². The zero-order valence-electron chi connectivity index (χ0n) is 38.1. The number of thiazole rings is 1. The standard InChI is InChI=1S/C44H63N9O9S2/c1-26(2)45-42-48-34(25-63-42)33-21-36(30-18-17-28(61-9)19-32(30)46-33)62-29-20-35-38(54)50-44(40(56)57)22-27(44)15-13-11-10-12-14-16-31(39(55)53(35)23-29)47-41(58)49-37(43(3,4)5)24-52(8)64(59,60)51(6)7/h13,15,17-19,21,25-27,29,31,35,37H,10-12,14,16,20,22-24H2,1-9H3,(H,45,48)(H,50,54)(H,56,57)(H2,47,49,58)/t27?,29-,31+,35+,37-,44-/m1/s1. The van der Waals surface area contributed by atoms with E-state index < -0.39 is 75.1 Å². The molecule has 2 aliphatic heterocycles. The lowest BCUT2D eigenvalue weighted by Crippen LogP contribution is -2.59. The van der Waals surface area contributed by atoms with Gasteiger partial charge in [0.2, 0.25) is 11.8 Å². The van der Waals surface area contributed by atoms with Crippen LogP contribution in [-0.4, -0.2) is 138 Å². The zero-order chi connectivity index (χ0) is 46.7. The van der Waals surface area contributed by atoms with Crippen LogP contribution in [0.25, 0.3) is 22.3 Å². The predicted octanol–water partition coefficient (Wildman–Crippen LogP) is 4.84. The Hall–Kier alpha value is -5.05. The summed E-state index contributed by atoms with van der Waals surface area (Å²) in [6, 6.07) is 3.79. The summed E-state index contributed by atoms with van der Waals surface area (Å²) in [5, 5.41) is 25.6. The van der Waals surface area contributed by atoms with Crippen molar-refractivity contribution in [3.8, 4) is 22.9 Å². The van der Waals surface area contributed by atoms with Gasteiger partial charge in [-0.2, -0.15) is 17.0 Å². The number of hydrogen-bond acceptors (Lipinski definition) is 12. The summed E-state index contributed by atoms with van der Waals surface area (Å²) in [6.07, 6.45) is 6.32. The number of nitrogens with zero attached hydrogens (tertiary/aromatic N) is 5. The number of carbonyl (C=O) groups is 4. The van der Waals surface area contributed by atoms with Crippen LogP contribution in [0.5, 0.6) is 11.5 Å². The Morgan fingerprint density at radius 3 is 2.52 bits per heavy atom. The topological polar surface area (TPSA) is 225 Å². The molecule has 1 saturated carbocycles. The average Bonchev–Trinajstić information content (AvgIpc) is 3.48. The molecule has 4 amide bonds. The van der Waals surface area contributed by atoms with Crippen molar-refractivity contribution < 1.29 is 42.2 Å². The van der Waals surface area contributed by atoms with E-state index in [1.165, 1.54) is 41.7 Å². The van der Waals surface area contributed by atoms with Gasteiger partial charge in [-0.15, -0.1) is 11.3 Å². The number of methoxy groups -OCH3 is 1. The molecule has 2 aromatic heterocycles. The molecular formula is C44H63N9O9S2. The molecule has 2 fully saturated rings. The molecule has 1 aliphatic carbocycles. The fourth-order valence-corrected chi connectivity index (χ4v) is 9.83. The van der Waals surface area contributed by atoms with E-state index in [1.54, 1.807) is 25.3 Å². The number of pyridine rings is 1. The van der Waals surface area contributed by atoms with E-state index in [0.29, 0.717) is 46.6 Å². The summed E-state index contributed by atoms with van der Waals surface area (Å²) < 4.78 is 40.4. The minimum Gasteiger partial charge on any atom is -0.497 e. The lowest BCUT2D eigenvalue weighted by molar-refractivity contribution is -0.145. The van der Waals surface area contributed by atoms with Crippen molar-refractivity contribution in [3.63, 3.8) is 0 Å². The minimum atomic E-state index is -3.80. The van der Waals surface area contributed by atoms with Crippen molar-refractivity contribution in [1.82, 2.24) is 39.4 Å². The van der Waals surface area contributed by atoms with E-state index in [4.69, 9.17) is 19.4 Å². The van der Waals surface area contributed by atoms with Crippen molar-refractivity contribution >= 4 is 61.4 Å². The molecule has 6 atom stereocenters. The number of carbonyl (C=O) groups excluding carboxylic acids is 3. The molecule has 0 radical (unpaired) electrons. The van der Waals surface area contributed by atoms with Gasteiger partial charge in [-0.05, 0) is 57.1 Å². The molecule has 0 bridgehead atoms. The molecule has 64 heavy (non-hydrogen) atoms. The van der Waals surface area contributed by atoms with E-state index in [9.17, 15) is 32.7 Å². The number of aromatic nitrogens is 2. The Balaban J connectivity index is 1.32. The number of benzene rings is 1. The molecule has 1 aromatic carbocycles. The first-order valence-corrected chi connectivity index (χ1v) is 24.0. The number of hydrogen-bond donors (Lipinski definition) is 5. The molecule has 20 heteroatoms. The highest BCUT2D eigenvalue weighted by atomic mass is 32.2. The first kappa shape index (κ1) is 48.4. The monoisotopic (exact) mass is 925 g/mol. The zero-order valence-corrected chi connectivity index (χ0v) is 39.8. The first-order valence-electron chi connectivity index (χ1n) is 21.7. The molecule has 3 aromatic rings. The SMILES string of the molecule is COc1ccc2c(O[C@@H]3C[C@H]4C(=O)N[C@]5(C(=O)O)CC5C=CCCCCC[C@H](NC(=O)N[C@H](CN(C)S(=O)(=O)N(C)C)C(C)(C)C)C(=O)N4C3)cc(-c3csc(NC(C)C)n3)nc2c1.